The van der Waals surface area contributed by atoms with Crippen molar-refractivity contribution in [2.24, 2.45) is 0 Å². The standard InChI is InChI=1S/C27H34N4O4.BrH/c1-6-29-26(33)35-24-19(27(3,4)5)12-18(13-22(24)34-7-2)21(32)15-31-14-17-10-11-20(16-8-9-16)30-23(17)25(31)28;/h10-13,16,28H,6-9,14-15H2,1-5H3,(H,29,33);1H. The molecule has 0 radical (unpaired) electrons. The molecular formula is C27H35BrN4O4. The third-order valence-corrected chi connectivity index (χ3v) is 6.23. The van der Waals surface area contributed by atoms with Gasteiger partial charge in [0.2, 0.25) is 0 Å². The normalized spacial score (nSPS) is 14.7. The van der Waals surface area contributed by atoms with Crippen LogP contribution in [0.15, 0.2) is 24.3 Å². The van der Waals surface area contributed by atoms with Crippen molar-refractivity contribution >= 4 is 34.7 Å². The molecule has 2 N–H and O–H groups in total. The van der Waals surface area contributed by atoms with Crippen LogP contribution in [0.2, 0.25) is 0 Å². The van der Waals surface area contributed by atoms with Gasteiger partial charge in [-0.25, -0.2) is 9.78 Å². The second-order valence-electron chi connectivity index (χ2n) is 10.1. The third-order valence-electron chi connectivity index (χ3n) is 6.23. The van der Waals surface area contributed by atoms with E-state index in [1.54, 1.807) is 17.0 Å². The van der Waals surface area contributed by atoms with Crippen LogP contribution in [0.4, 0.5) is 4.79 Å². The second kappa shape index (κ2) is 11.0. The van der Waals surface area contributed by atoms with Gasteiger partial charge in [0.05, 0.1) is 13.2 Å². The van der Waals surface area contributed by atoms with Crippen molar-refractivity contribution in [2.75, 3.05) is 19.7 Å². The lowest BCUT2D eigenvalue weighted by molar-refractivity contribution is 0.0962. The number of benzene rings is 1. The lowest BCUT2D eigenvalue weighted by Gasteiger charge is -2.25. The number of ketones is 1. The molecule has 1 aromatic heterocycles. The Morgan fingerprint density at radius 1 is 1.19 bits per heavy atom. The van der Waals surface area contributed by atoms with Crippen molar-refractivity contribution in [1.82, 2.24) is 15.2 Å². The summed E-state index contributed by atoms with van der Waals surface area (Å²) in [5.41, 5.74) is 3.44. The summed E-state index contributed by atoms with van der Waals surface area (Å²) in [7, 11) is 0. The third kappa shape index (κ3) is 5.88. The first-order chi connectivity index (χ1) is 16.6. The lowest BCUT2D eigenvalue weighted by Crippen LogP contribution is -2.31. The minimum Gasteiger partial charge on any atom is -0.490 e. The highest BCUT2D eigenvalue weighted by Gasteiger charge is 2.32. The summed E-state index contributed by atoms with van der Waals surface area (Å²) in [6.07, 6.45) is 1.73. The monoisotopic (exact) mass is 558 g/mol. The largest absolute Gasteiger partial charge is 0.490 e. The van der Waals surface area contributed by atoms with Gasteiger partial charge in [0.25, 0.3) is 0 Å². The van der Waals surface area contributed by atoms with Crippen molar-refractivity contribution < 1.29 is 19.1 Å². The van der Waals surface area contributed by atoms with E-state index in [9.17, 15) is 9.59 Å². The Hall–Kier alpha value is -2.94. The first kappa shape index (κ1) is 27.6. The van der Waals surface area contributed by atoms with Crippen LogP contribution in [0.1, 0.15) is 86.3 Å². The minimum atomic E-state index is -0.570. The fraction of sp³-hybridized carbons (Fsp3) is 0.481. The molecule has 2 aliphatic rings. The van der Waals surface area contributed by atoms with E-state index in [2.05, 4.69) is 5.32 Å². The van der Waals surface area contributed by atoms with E-state index in [-0.39, 0.29) is 35.1 Å². The first-order valence-electron chi connectivity index (χ1n) is 12.3. The van der Waals surface area contributed by atoms with Crippen molar-refractivity contribution in [2.45, 2.75) is 65.3 Å². The van der Waals surface area contributed by atoms with Gasteiger partial charge >= 0.3 is 6.09 Å². The molecule has 1 saturated carbocycles. The zero-order valence-electron chi connectivity index (χ0n) is 21.6. The average Bonchev–Trinajstić information content (AvgIpc) is 3.60. The number of fused-ring (bicyclic) bond motifs is 1. The van der Waals surface area contributed by atoms with Crippen LogP contribution >= 0.6 is 17.0 Å². The number of carbonyl (C=O) groups is 2. The lowest BCUT2D eigenvalue weighted by atomic mass is 9.84. The number of nitrogens with zero attached hydrogens (tertiary/aromatic N) is 2. The van der Waals surface area contributed by atoms with Gasteiger partial charge in [-0.15, -0.1) is 17.0 Å². The number of nitrogens with one attached hydrogen (secondary N) is 2. The van der Waals surface area contributed by atoms with E-state index in [0.29, 0.717) is 53.9 Å². The van der Waals surface area contributed by atoms with Gasteiger partial charge in [-0.1, -0.05) is 26.8 Å². The highest BCUT2D eigenvalue weighted by atomic mass is 79.9. The molecule has 0 unspecified atom stereocenters. The number of pyridine rings is 1. The average molecular weight is 560 g/mol. The van der Waals surface area contributed by atoms with Crippen LogP contribution < -0.4 is 14.8 Å². The van der Waals surface area contributed by atoms with Gasteiger partial charge in [-0.05, 0) is 50.3 Å². The fourth-order valence-corrected chi connectivity index (χ4v) is 4.24. The summed E-state index contributed by atoms with van der Waals surface area (Å²) in [6.45, 7) is 11.0. The van der Waals surface area contributed by atoms with Gasteiger partial charge in [-0.3, -0.25) is 10.2 Å². The van der Waals surface area contributed by atoms with E-state index >= 15 is 0 Å². The highest BCUT2D eigenvalue weighted by molar-refractivity contribution is 8.93. The molecule has 0 bridgehead atoms. The number of hydrogen-bond donors (Lipinski definition) is 2. The van der Waals surface area contributed by atoms with Crippen molar-refractivity contribution in [3.8, 4) is 11.5 Å². The number of aromatic nitrogens is 1. The topological polar surface area (TPSA) is 105 Å². The molecule has 2 aromatic rings. The Kier molecular flexibility index (Phi) is 8.44. The van der Waals surface area contributed by atoms with Gasteiger partial charge in [0.15, 0.2) is 17.3 Å². The molecule has 2 heterocycles. The van der Waals surface area contributed by atoms with Crippen LogP contribution in [0.25, 0.3) is 0 Å². The summed E-state index contributed by atoms with van der Waals surface area (Å²) in [5.74, 6) is 1.33. The van der Waals surface area contributed by atoms with Crippen LogP contribution in [0.5, 0.6) is 11.5 Å². The number of rotatable bonds is 8. The minimum absolute atomic E-state index is 0. The number of Topliss-reactive ketones (excluding diaryl/α,β-unsaturated/α-hetero) is 1. The van der Waals surface area contributed by atoms with E-state index in [4.69, 9.17) is 19.9 Å². The van der Waals surface area contributed by atoms with Gasteiger partial charge < -0.3 is 19.7 Å². The Labute approximate surface area is 223 Å². The Balaban J connectivity index is 0.00000361. The number of hydrogen-bond acceptors (Lipinski definition) is 6. The number of amidine groups is 1. The maximum atomic E-state index is 13.4. The molecule has 1 fully saturated rings. The molecule has 0 saturated heterocycles. The van der Waals surface area contributed by atoms with Crippen LogP contribution in [0.3, 0.4) is 0 Å². The maximum Gasteiger partial charge on any atom is 0.412 e. The molecule has 4 rings (SSSR count). The smallest absolute Gasteiger partial charge is 0.412 e. The summed E-state index contributed by atoms with van der Waals surface area (Å²) in [6, 6.07) is 7.49. The molecule has 1 aliphatic carbocycles. The second-order valence-corrected chi connectivity index (χ2v) is 10.1. The van der Waals surface area contributed by atoms with E-state index in [1.807, 2.05) is 46.8 Å². The Morgan fingerprint density at radius 2 is 1.92 bits per heavy atom. The predicted octanol–water partition coefficient (Wildman–Crippen LogP) is 5.37. The van der Waals surface area contributed by atoms with E-state index < -0.39 is 11.5 Å². The van der Waals surface area contributed by atoms with Crippen molar-refractivity contribution in [3.63, 3.8) is 0 Å². The SMILES string of the molecule is Br.CCNC(=O)Oc1c(OCC)cc(C(=O)CN2Cc3ccc(C4CC4)nc3C2=N)cc1C(C)(C)C. The molecular weight excluding hydrogens is 524 g/mol. The number of carbonyl (C=O) groups excluding carboxylic acids is 2. The van der Waals surface area contributed by atoms with Crippen LogP contribution in [0, 0.1) is 5.41 Å². The molecule has 194 valence electrons. The molecule has 0 spiro atoms. The van der Waals surface area contributed by atoms with E-state index in [0.717, 1.165) is 24.1 Å². The maximum absolute atomic E-state index is 13.4. The van der Waals surface area contributed by atoms with Gasteiger partial charge in [0.1, 0.15) is 11.5 Å². The molecule has 1 aliphatic heterocycles. The molecule has 0 atom stereocenters. The molecule has 1 amide bonds. The van der Waals surface area contributed by atoms with E-state index in [1.165, 1.54) is 0 Å². The predicted molar refractivity (Wildman–Crippen MR) is 144 cm³/mol. The number of halogens is 1. The van der Waals surface area contributed by atoms with Crippen LogP contribution in [-0.4, -0.2) is 47.3 Å². The fourth-order valence-electron chi connectivity index (χ4n) is 4.24. The summed E-state index contributed by atoms with van der Waals surface area (Å²) < 4.78 is 11.4. The Bertz CT molecular complexity index is 1170. The molecule has 9 heteroatoms. The number of amides is 1. The quantitative estimate of drug-likeness (QED) is 0.422. The van der Waals surface area contributed by atoms with Crippen LogP contribution in [-0.2, 0) is 12.0 Å². The summed E-state index contributed by atoms with van der Waals surface area (Å²) in [4.78, 5) is 32.1. The summed E-state index contributed by atoms with van der Waals surface area (Å²) in [5, 5.41) is 11.3. The zero-order chi connectivity index (χ0) is 25.3. The highest BCUT2D eigenvalue weighted by Crippen LogP contribution is 2.41. The summed E-state index contributed by atoms with van der Waals surface area (Å²) >= 11 is 0. The molecule has 8 nitrogen and oxygen atoms in total. The van der Waals surface area contributed by atoms with Crippen molar-refractivity contribution in [3.05, 3.63) is 52.3 Å². The first-order valence-corrected chi connectivity index (χ1v) is 12.3. The van der Waals surface area contributed by atoms with Crippen molar-refractivity contribution in [1.29, 1.82) is 5.41 Å². The number of ether oxygens (including phenoxy) is 2. The zero-order valence-corrected chi connectivity index (χ0v) is 23.3. The molecule has 36 heavy (non-hydrogen) atoms. The van der Waals surface area contributed by atoms with Gasteiger partial charge in [0, 0.05) is 41.4 Å². The molecule has 1 aromatic carbocycles. The van der Waals surface area contributed by atoms with Gasteiger partial charge in [-0.2, -0.15) is 0 Å². The Morgan fingerprint density at radius 3 is 2.53 bits per heavy atom.